The molecule has 13 heavy (non-hydrogen) atoms. The molecular weight excluding hydrogens is 158 g/mol. The fraction of sp³-hybridized carbons (Fsp3) is 0.250. The van der Waals surface area contributed by atoms with E-state index >= 15 is 0 Å². The van der Waals surface area contributed by atoms with Crippen molar-refractivity contribution in [2.24, 2.45) is 0 Å². The second kappa shape index (κ2) is 5.86. The number of aromatic nitrogens is 1. The molecule has 0 aliphatic carbocycles. The fourth-order valence-electron chi connectivity index (χ4n) is 0.803. The first-order chi connectivity index (χ1) is 6.43. The van der Waals surface area contributed by atoms with Crippen LogP contribution < -0.4 is 0 Å². The Morgan fingerprint density at radius 3 is 2.85 bits per heavy atom. The highest BCUT2D eigenvalue weighted by Gasteiger charge is 1.80. The van der Waals surface area contributed by atoms with Crippen molar-refractivity contribution in [2.75, 3.05) is 0 Å². The molecule has 0 aromatic carbocycles. The van der Waals surface area contributed by atoms with Crippen LogP contribution >= 0.6 is 0 Å². The average Bonchev–Trinajstić information content (AvgIpc) is 2.19. The Hall–Kier alpha value is -1.73. The molecule has 0 spiro atoms. The average molecular weight is 169 g/mol. The zero-order valence-corrected chi connectivity index (χ0v) is 7.67. The SMILES string of the molecule is CCC#CCC#Cc1ccccn1. The summed E-state index contributed by atoms with van der Waals surface area (Å²) in [7, 11) is 0. The lowest BCUT2D eigenvalue weighted by molar-refractivity contribution is 1.27. The van der Waals surface area contributed by atoms with Crippen LogP contribution in [0.5, 0.6) is 0 Å². The number of nitrogens with zero attached hydrogens (tertiary/aromatic N) is 1. The van der Waals surface area contributed by atoms with E-state index in [4.69, 9.17) is 0 Å². The molecule has 1 heteroatoms. The predicted molar refractivity (Wildman–Crippen MR) is 53.8 cm³/mol. The molecule has 1 heterocycles. The second-order valence-corrected chi connectivity index (χ2v) is 2.40. The van der Waals surface area contributed by atoms with Gasteiger partial charge in [0, 0.05) is 12.6 Å². The Bertz CT molecular complexity index is 357. The molecule has 0 unspecified atom stereocenters. The smallest absolute Gasteiger partial charge is 0.113 e. The summed E-state index contributed by atoms with van der Waals surface area (Å²) in [6.07, 6.45) is 3.26. The minimum absolute atomic E-state index is 0.629. The molecule has 0 atom stereocenters. The van der Waals surface area contributed by atoms with Gasteiger partial charge in [0.2, 0.25) is 0 Å². The van der Waals surface area contributed by atoms with Crippen molar-refractivity contribution in [3.8, 4) is 23.7 Å². The van der Waals surface area contributed by atoms with Crippen LogP contribution in [-0.4, -0.2) is 4.98 Å². The molecule has 0 radical (unpaired) electrons. The fourth-order valence-corrected chi connectivity index (χ4v) is 0.803. The van der Waals surface area contributed by atoms with E-state index in [2.05, 4.69) is 28.7 Å². The van der Waals surface area contributed by atoms with Gasteiger partial charge in [-0.3, -0.25) is 0 Å². The quantitative estimate of drug-likeness (QED) is 0.543. The van der Waals surface area contributed by atoms with Crippen molar-refractivity contribution in [1.29, 1.82) is 0 Å². The van der Waals surface area contributed by atoms with E-state index in [1.54, 1.807) is 6.20 Å². The Labute approximate surface area is 79.2 Å². The summed E-state index contributed by atoms with van der Waals surface area (Å²) >= 11 is 0. The van der Waals surface area contributed by atoms with Crippen molar-refractivity contribution in [1.82, 2.24) is 4.98 Å². The van der Waals surface area contributed by atoms with Crippen molar-refractivity contribution in [2.45, 2.75) is 19.8 Å². The molecule has 0 N–H and O–H groups in total. The molecular formula is C12H11N. The molecule has 1 aromatic rings. The Balaban J connectivity index is 2.49. The van der Waals surface area contributed by atoms with Gasteiger partial charge in [0.1, 0.15) is 5.69 Å². The van der Waals surface area contributed by atoms with Crippen molar-refractivity contribution in [3.05, 3.63) is 30.1 Å². The Morgan fingerprint density at radius 1 is 1.23 bits per heavy atom. The number of rotatable bonds is 0. The first-order valence-electron chi connectivity index (χ1n) is 4.29. The summed E-state index contributed by atoms with van der Waals surface area (Å²) in [6, 6.07) is 5.69. The largest absolute Gasteiger partial charge is 0.248 e. The van der Waals surface area contributed by atoms with E-state index in [0.717, 1.165) is 12.1 Å². The van der Waals surface area contributed by atoms with E-state index in [1.807, 2.05) is 25.1 Å². The van der Waals surface area contributed by atoms with Crippen LogP contribution in [0, 0.1) is 23.7 Å². The van der Waals surface area contributed by atoms with Crippen molar-refractivity contribution >= 4 is 0 Å². The van der Waals surface area contributed by atoms with E-state index in [0.29, 0.717) is 6.42 Å². The highest BCUT2D eigenvalue weighted by molar-refractivity contribution is 5.28. The molecule has 0 fully saturated rings. The minimum atomic E-state index is 0.629. The van der Waals surface area contributed by atoms with Crippen LogP contribution in [0.4, 0.5) is 0 Å². The molecule has 0 saturated carbocycles. The van der Waals surface area contributed by atoms with Crippen LogP contribution in [0.2, 0.25) is 0 Å². The third-order valence-electron chi connectivity index (χ3n) is 1.36. The molecule has 0 amide bonds. The van der Waals surface area contributed by atoms with Gasteiger partial charge in [-0.25, -0.2) is 4.98 Å². The van der Waals surface area contributed by atoms with Gasteiger partial charge in [-0.1, -0.05) is 24.8 Å². The van der Waals surface area contributed by atoms with Gasteiger partial charge < -0.3 is 0 Å². The lowest BCUT2D eigenvalue weighted by Gasteiger charge is -1.83. The summed E-state index contributed by atoms with van der Waals surface area (Å²) in [5.74, 6) is 11.8. The molecule has 1 aromatic heterocycles. The lowest BCUT2D eigenvalue weighted by Crippen LogP contribution is -1.77. The molecule has 1 nitrogen and oxygen atoms in total. The standard InChI is InChI=1S/C12H11N/c1-2-3-4-5-6-9-12-10-7-8-11-13-12/h7-8,10-11H,2,5H2,1H3. The van der Waals surface area contributed by atoms with E-state index in [-0.39, 0.29) is 0 Å². The number of hydrogen-bond donors (Lipinski definition) is 0. The van der Waals surface area contributed by atoms with Crippen LogP contribution in [-0.2, 0) is 0 Å². The van der Waals surface area contributed by atoms with Gasteiger partial charge in [-0.05, 0) is 18.1 Å². The summed E-state index contributed by atoms with van der Waals surface area (Å²) in [6.45, 7) is 2.03. The molecule has 0 aliphatic heterocycles. The van der Waals surface area contributed by atoms with E-state index < -0.39 is 0 Å². The maximum Gasteiger partial charge on any atom is 0.113 e. The summed E-state index contributed by atoms with van der Waals surface area (Å²) in [4.78, 5) is 4.07. The summed E-state index contributed by atoms with van der Waals surface area (Å²) in [5.41, 5.74) is 0.806. The van der Waals surface area contributed by atoms with Crippen LogP contribution in [0.15, 0.2) is 24.4 Å². The molecule has 0 saturated heterocycles. The van der Waals surface area contributed by atoms with Gasteiger partial charge in [0.15, 0.2) is 0 Å². The van der Waals surface area contributed by atoms with Crippen molar-refractivity contribution < 1.29 is 0 Å². The predicted octanol–water partition coefficient (Wildman–Crippen LogP) is 2.24. The highest BCUT2D eigenvalue weighted by atomic mass is 14.6. The molecule has 0 bridgehead atoms. The summed E-state index contributed by atoms with van der Waals surface area (Å²) in [5, 5.41) is 0. The number of pyridine rings is 1. The zero-order valence-electron chi connectivity index (χ0n) is 7.67. The maximum absolute atomic E-state index is 4.07. The van der Waals surface area contributed by atoms with Gasteiger partial charge in [-0.2, -0.15) is 0 Å². The summed E-state index contributed by atoms with van der Waals surface area (Å²) < 4.78 is 0. The number of hydrogen-bond acceptors (Lipinski definition) is 1. The maximum atomic E-state index is 4.07. The van der Waals surface area contributed by atoms with Gasteiger partial charge in [-0.15, -0.1) is 5.92 Å². The second-order valence-electron chi connectivity index (χ2n) is 2.40. The van der Waals surface area contributed by atoms with Crippen molar-refractivity contribution in [3.63, 3.8) is 0 Å². The Kier molecular flexibility index (Phi) is 4.22. The van der Waals surface area contributed by atoms with E-state index in [9.17, 15) is 0 Å². The third kappa shape index (κ3) is 3.99. The molecule has 64 valence electrons. The first kappa shape index (κ1) is 9.36. The zero-order chi connectivity index (χ0) is 9.36. The lowest BCUT2D eigenvalue weighted by atomic mass is 10.3. The van der Waals surface area contributed by atoms with Crippen LogP contribution in [0.3, 0.4) is 0 Å². The van der Waals surface area contributed by atoms with E-state index in [1.165, 1.54) is 0 Å². The normalized spacial score (nSPS) is 7.77. The topological polar surface area (TPSA) is 12.9 Å². The van der Waals surface area contributed by atoms with Gasteiger partial charge in [0.05, 0.1) is 6.42 Å². The highest BCUT2D eigenvalue weighted by Crippen LogP contribution is 1.89. The van der Waals surface area contributed by atoms with Crippen LogP contribution in [0.25, 0.3) is 0 Å². The Morgan fingerprint density at radius 2 is 2.15 bits per heavy atom. The molecule has 1 rings (SSSR count). The third-order valence-corrected chi connectivity index (χ3v) is 1.36. The van der Waals surface area contributed by atoms with Gasteiger partial charge >= 0.3 is 0 Å². The molecule has 0 aliphatic rings. The van der Waals surface area contributed by atoms with Crippen LogP contribution in [0.1, 0.15) is 25.5 Å². The first-order valence-corrected chi connectivity index (χ1v) is 4.29. The monoisotopic (exact) mass is 169 g/mol. The minimum Gasteiger partial charge on any atom is -0.248 e. The van der Waals surface area contributed by atoms with Gasteiger partial charge in [0.25, 0.3) is 0 Å².